The van der Waals surface area contributed by atoms with Crippen molar-refractivity contribution in [2.45, 2.75) is 39.0 Å². The summed E-state index contributed by atoms with van der Waals surface area (Å²) in [5.41, 5.74) is 1.37. The summed E-state index contributed by atoms with van der Waals surface area (Å²) in [4.78, 5) is 32.1. The lowest BCUT2D eigenvalue weighted by atomic mass is 10.1. The number of amides is 2. The predicted molar refractivity (Wildman–Crippen MR) is 109 cm³/mol. The van der Waals surface area contributed by atoms with Crippen molar-refractivity contribution in [3.05, 3.63) is 64.6 Å². The largest absolute Gasteiger partial charge is 0.380 e. The van der Waals surface area contributed by atoms with Crippen molar-refractivity contribution >= 4 is 11.8 Å². The zero-order valence-corrected chi connectivity index (χ0v) is 17.6. The van der Waals surface area contributed by atoms with Crippen LogP contribution < -0.4 is 5.32 Å². The minimum Gasteiger partial charge on any atom is -0.380 e. The number of methoxy groups -OCH3 is 1. The van der Waals surface area contributed by atoms with Crippen LogP contribution in [0.5, 0.6) is 0 Å². The molecule has 0 bridgehead atoms. The third-order valence-corrected chi connectivity index (χ3v) is 5.32. The van der Waals surface area contributed by atoms with E-state index in [-0.39, 0.29) is 30.2 Å². The van der Waals surface area contributed by atoms with Gasteiger partial charge in [-0.3, -0.25) is 14.7 Å². The Hall–Kier alpha value is -3.53. The molecule has 1 aliphatic heterocycles. The lowest BCUT2D eigenvalue weighted by Gasteiger charge is -2.21. The van der Waals surface area contributed by atoms with Crippen LogP contribution in [-0.2, 0) is 11.3 Å². The third-order valence-electron chi connectivity index (χ3n) is 5.32. The van der Waals surface area contributed by atoms with E-state index in [1.54, 1.807) is 38.0 Å². The maximum absolute atomic E-state index is 13.4. The fourth-order valence-corrected chi connectivity index (χ4v) is 3.79. The molecule has 0 aliphatic carbocycles. The van der Waals surface area contributed by atoms with E-state index in [2.05, 4.69) is 25.7 Å². The van der Waals surface area contributed by atoms with E-state index in [1.165, 1.54) is 0 Å². The molecule has 162 valence electrons. The van der Waals surface area contributed by atoms with E-state index in [0.717, 1.165) is 0 Å². The predicted octanol–water partition coefficient (Wildman–Crippen LogP) is 1.94. The third kappa shape index (κ3) is 4.19. The number of likely N-dealkylation sites (tertiary alicyclic amines) is 1. The molecule has 1 fully saturated rings. The van der Waals surface area contributed by atoms with Gasteiger partial charge in [-0.15, -0.1) is 0 Å². The van der Waals surface area contributed by atoms with E-state index < -0.39 is 6.04 Å². The molecule has 0 saturated carbocycles. The second-order valence-corrected chi connectivity index (χ2v) is 7.52. The molecule has 2 atom stereocenters. The Morgan fingerprint density at radius 3 is 2.74 bits per heavy atom. The first-order valence-corrected chi connectivity index (χ1v) is 9.97. The molecule has 2 amide bonds. The summed E-state index contributed by atoms with van der Waals surface area (Å²) in [6.45, 7) is 4.04. The molecule has 2 aromatic heterocycles. The van der Waals surface area contributed by atoms with Gasteiger partial charge in [0.15, 0.2) is 11.5 Å². The Morgan fingerprint density at radius 2 is 2.06 bits per heavy atom. The number of carbonyl (C=O) groups is 2. The summed E-state index contributed by atoms with van der Waals surface area (Å²) in [6, 6.07) is 8.29. The van der Waals surface area contributed by atoms with Crippen LogP contribution in [0.4, 0.5) is 0 Å². The van der Waals surface area contributed by atoms with E-state index in [1.807, 2.05) is 18.2 Å². The van der Waals surface area contributed by atoms with Gasteiger partial charge in [0, 0.05) is 25.3 Å². The van der Waals surface area contributed by atoms with Gasteiger partial charge < -0.3 is 19.5 Å². The zero-order chi connectivity index (χ0) is 22.0. The normalized spacial score (nSPS) is 18.4. The molecule has 3 heterocycles. The Kier molecular flexibility index (Phi) is 5.81. The molecule has 1 aliphatic rings. The van der Waals surface area contributed by atoms with Gasteiger partial charge in [0.25, 0.3) is 11.8 Å². The SMILES string of the molecule is COCc1c(C(=O)N2C[C@@H](NC(=O)c3ccccc3)C[C@H]2c2n[nH]c(C)n2)noc1C. The van der Waals surface area contributed by atoms with Gasteiger partial charge in [0.1, 0.15) is 11.6 Å². The molecule has 0 spiro atoms. The van der Waals surface area contributed by atoms with Crippen LogP contribution in [0, 0.1) is 13.8 Å². The molecular formula is C21H24N6O4. The maximum atomic E-state index is 13.4. The molecule has 10 heteroatoms. The van der Waals surface area contributed by atoms with Crippen LogP contribution in [0.25, 0.3) is 0 Å². The average Bonchev–Trinajstić information content (AvgIpc) is 3.48. The van der Waals surface area contributed by atoms with Crippen molar-refractivity contribution in [3.8, 4) is 0 Å². The quantitative estimate of drug-likeness (QED) is 0.619. The fraction of sp³-hybridized carbons (Fsp3) is 0.381. The number of carbonyl (C=O) groups excluding carboxylic acids is 2. The number of aryl methyl sites for hydroxylation is 2. The fourth-order valence-electron chi connectivity index (χ4n) is 3.79. The number of aromatic nitrogens is 4. The van der Waals surface area contributed by atoms with Crippen LogP contribution in [0.1, 0.15) is 56.3 Å². The summed E-state index contributed by atoms with van der Waals surface area (Å²) in [5.74, 6) is 1.17. The number of nitrogens with zero attached hydrogens (tertiary/aromatic N) is 4. The summed E-state index contributed by atoms with van der Waals surface area (Å²) < 4.78 is 10.4. The molecule has 2 N–H and O–H groups in total. The van der Waals surface area contributed by atoms with Crippen molar-refractivity contribution in [1.29, 1.82) is 0 Å². The summed E-state index contributed by atoms with van der Waals surface area (Å²) >= 11 is 0. The number of rotatable bonds is 6. The summed E-state index contributed by atoms with van der Waals surface area (Å²) in [5, 5.41) is 14.0. The molecule has 4 rings (SSSR count). The molecule has 10 nitrogen and oxygen atoms in total. The minimum absolute atomic E-state index is 0.192. The van der Waals surface area contributed by atoms with Crippen LogP contribution in [-0.4, -0.2) is 56.7 Å². The highest BCUT2D eigenvalue weighted by atomic mass is 16.5. The van der Waals surface area contributed by atoms with Gasteiger partial charge in [-0.2, -0.15) is 5.10 Å². The highest BCUT2D eigenvalue weighted by Crippen LogP contribution is 2.32. The lowest BCUT2D eigenvalue weighted by molar-refractivity contribution is 0.0709. The van der Waals surface area contributed by atoms with Gasteiger partial charge in [-0.25, -0.2) is 4.98 Å². The van der Waals surface area contributed by atoms with Gasteiger partial charge in [-0.05, 0) is 32.4 Å². The Morgan fingerprint density at radius 1 is 1.29 bits per heavy atom. The first-order chi connectivity index (χ1) is 15.0. The Bertz CT molecular complexity index is 1080. The van der Waals surface area contributed by atoms with E-state index >= 15 is 0 Å². The second-order valence-electron chi connectivity index (χ2n) is 7.52. The van der Waals surface area contributed by atoms with Gasteiger partial charge in [-0.1, -0.05) is 23.4 Å². The van der Waals surface area contributed by atoms with Gasteiger partial charge >= 0.3 is 0 Å². The number of H-pyrrole nitrogens is 1. The highest BCUT2D eigenvalue weighted by Gasteiger charge is 2.41. The molecule has 0 radical (unpaired) electrons. The van der Waals surface area contributed by atoms with Crippen molar-refractivity contribution in [2.75, 3.05) is 13.7 Å². The van der Waals surface area contributed by atoms with E-state index in [9.17, 15) is 9.59 Å². The average molecular weight is 424 g/mol. The number of nitrogens with one attached hydrogen (secondary N) is 2. The van der Waals surface area contributed by atoms with Crippen molar-refractivity contribution in [3.63, 3.8) is 0 Å². The van der Waals surface area contributed by atoms with Crippen LogP contribution >= 0.6 is 0 Å². The van der Waals surface area contributed by atoms with Crippen molar-refractivity contribution in [2.24, 2.45) is 0 Å². The van der Waals surface area contributed by atoms with Crippen LogP contribution in [0.3, 0.4) is 0 Å². The summed E-state index contributed by atoms with van der Waals surface area (Å²) in [7, 11) is 1.55. The first-order valence-electron chi connectivity index (χ1n) is 9.97. The topological polar surface area (TPSA) is 126 Å². The molecule has 3 aromatic rings. The first kappa shape index (κ1) is 20.7. The molecular weight excluding hydrogens is 400 g/mol. The molecule has 1 saturated heterocycles. The van der Waals surface area contributed by atoms with E-state index in [0.29, 0.717) is 41.5 Å². The van der Waals surface area contributed by atoms with E-state index in [4.69, 9.17) is 9.26 Å². The zero-order valence-electron chi connectivity index (χ0n) is 17.6. The van der Waals surface area contributed by atoms with Gasteiger partial charge in [0.05, 0.1) is 18.2 Å². The molecule has 1 aromatic carbocycles. The monoisotopic (exact) mass is 424 g/mol. The Labute approximate surface area is 179 Å². The van der Waals surface area contributed by atoms with Gasteiger partial charge in [0.2, 0.25) is 0 Å². The number of benzene rings is 1. The smallest absolute Gasteiger partial charge is 0.277 e. The number of hydrogen-bond donors (Lipinski definition) is 2. The highest BCUT2D eigenvalue weighted by molar-refractivity contribution is 5.95. The molecule has 0 unspecified atom stereocenters. The Balaban J connectivity index is 1.59. The van der Waals surface area contributed by atoms with Crippen LogP contribution in [0.2, 0.25) is 0 Å². The number of hydrogen-bond acceptors (Lipinski definition) is 7. The van der Waals surface area contributed by atoms with Crippen LogP contribution in [0.15, 0.2) is 34.9 Å². The second kappa shape index (κ2) is 8.68. The maximum Gasteiger partial charge on any atom is 0.277 e. The minimum atomic E-state index is -0.411. The lowest BCUT2D eigenvalue weighted by Crippen LogP contribution is -2.39. The molecule has 31 heavy (non-hydrogen) atoms. The number of ether oxygens (including phenoxy) is 1. The van der Waals surface area contributed by atoms with Crippen molar-refractivity contribution < 1.29 is 18.8 Å². The number of aromatic amines is 1. The standard InChI is InChI=1S/C21H24N6O4/c1-12-16(11-30-3)18(26-31-12)21(29)27-10-15(9-17(27)19-22-13(2)24-25-19)23-20(28)14-7-5-4-6-8-14/h4-8,15,17H,9-11H2,1-3H3,(H,23,28)(H,22,24,25)/t15-,17-/m0/s1. The summed E-state index contributed by atoms with van der Waals surface area (Å²) in [6.07, 6.45) is 0.484. The van der Waals surface area contributed by atoms with Crippen molar-refractivity contribution in [1.82, 2.24) is 30.6 Å².